The highest BCUT2D eigenvalue weighted by atomic mass is 35.5. The highest BCUT2D eigenvalue weighted by Gasteiger charge is 2.03. The van der Waals surface area contributed by atoms with Crippen molar-refractivity contribution in [2.45, 2.75) is 0 Å². The molecule has 0 fully saturated rings. The maximum atomic E-state index is 10.2. The number of hydrogen-bond acceptors (Lipinski definition) is 2. The zero-order chi connectivity index (χ0) is 6.57. The van der Waals surface area contributed by atoms with Crippen LogP contribution in [0.3, 0.4) is 0 Å². The van der Waals surface area contributed by atoms with Gasteiger partial charge < -0.3 is 0 Å². The molecule has 0 aliphatic carbocycles. The van der Waals surface area contributed by atoms with E-state index in [-0.39, 0.29) is 5.88 Å². The Labute approximate surface area is 56.1 Å². The molecule has 8 heavy (non-hydrogen) atoms. The van der Waals surface area contributed by atoms with Crippen LogP contribution in [0.4, 0.5) is 0 Å². The smallest absolute Gasteiger partial charge is 0.200 e. The van der Waals surface area contributed by atoms with E-state index in [2.05, 4.69) is 0 Å². The fraction of sp³-hybridized carbons (Fsp3) is 0.250. The highest BCUT2D eigenvalue weighted by molar-refractivity contribution is 6.49. The Hall–Kier alpha value is -0.300. The van der Waals surface area contributed by atoms with E-state index >= 15 is 0 Å². The predicted octanol–water partition coefficient (Wildman–Crippen LogP) is 0.749. The molecule has 0 aliphatic heterocycles. The lowest BCUT2D eigenvalue weighted by molar-refractivity contribution is -0.112. The summed E-state index contributed by atoms with van der Waals surface area (Å²) < 4.78 is 0. The number of halogens is 2. The van der Waals surface area contributed by atoms with E-state index in [1.165, 1.54) is 5.94 Å². The van der Waals surface area contributed by atoms with Crippen molar-refractivity contribution < 1.29 is 9.59 Å². The van der Waals surface area contributed by atoms with Crippen LogP contribution in [-0.2, 0) is 9.59 Å². The zero-order valence-corrected chi connectivity index (χ0v) is 5.29. The monoisotopic (exact) mass is 152 g/mol. The van der Waals surface area contributed by atoms with E-state index in [4.69, 9.17) is 23.2 Å². The molecule has 0 radical (unpaired) electrons. The molecule has 0 saturated heterocycles. The summed E-state index contributed by atoms with van der Waals surface area (Å²) in [4.78, 5) is 19.7. The van der Waals surface area contributed by atoms with Crippen molar-refractivity contribution in [3.63, 3.8) is 0 Å². The maximum Gasteiger partial charge on any atom is 0.200 e. The van der Waals surface area contributed by atoms with Crippen molar-refractivity contribution in [2.75, 3.05) is 5.88 Å². The first kappa shape index (κ1) is 7.70. The number of allylic oxidation sites excluding steroid dienone is 1. The van der Waals surface area contributed by atoms with E-state index in [0.29, 0.717) is 0 Å². The third-order valence-electron chi connectivity index (χ3n) is 0.456. The normalized spacial score (nSPS) is 7.75. The average molecular weight is 153 g/mol. The minimum atomic E-state index is -0.594. The standard InChI is InChI=1S/C4H2Cl2O2/c5-1-4(8)3(6)2-7/h1H2. The third kappa shape index (κ3) is 2.12. The summed E-state index contributed by atoms with van der Waals surface area (Å²) in [6.07, 6.45) is 0. The van der Waals surface area contributed by atoms with Gasteiger partial charge in [-0.2, -0.15) is 0 Å². The molecular weight excluding hydrogens is 151 g/mol. The molecule has 0 spiro atoms. The number of rotatable bonds is 2. The molecular formula is C4H2Cl2O2. The van der Waals surface area contributed by atoms with Gasteiger partial charge in [0.2, 0.25) is 0 Å². The number of hydrogen-bond donors (Lipinski definition) is 0. The van der Waals surface area contributed by atoms with E-state index in [0.717, 1.165) is 0 Å². The second-order valence-electron chi connectivity index (χ2n) is 0.973. The summed E-state index contributed by atoms with van der Waals surface area (Å²) in [6, 6.07) is 0. The predicted molar refractivity (Wildman–Crippen MR) is 30.8 cm³/mol. The number of Topliss-reactive ketones (excluding diaryl/α,β-unsaturated/α-hetero) is 1. The van der Waals surface area contributed by atoms with Crippen molar-refractivity contribution in [1.29, 1.82) is 0 Å². The Bertz CT molecular complexity index is 146. The van der Waals surface area contributed by atoms with Crippen LogP contribution in [0.15, 0.2) is 5.03 Å². The van der Waals surface area contributed by atoms with Gasteiger partial charge in [-0.05, 0) is 0 Å². The molecule has 0 aromatic carbocycles. The van der Waals surface area contributed by atoms with Crippen LogP contribution in [0.5, 0.6) is 0 Å². The molecule has 0 aromatic heterocycles. The van der Waals surface area contributed by atoms with Crippen LogP contribution in [0, 0.1) is 0 Å². The quantitative estimate of drug-likeness (QED) is 0.333. The van der Waals surface area contributed by atoms with Gasteiger partial charge in [-0.3, -0.25) is 4.79 Å². The maximum absolute atomic E-state index is 10.2. The number of alkyl halides is 1. The second-order valence-corrected chi connectivity index (χ2v) is 1.62. The lowest BCUT2D eigenvalue weighted by Crippen LogP contribution is -1.98. The Kier molecular flexibility index (Phi) is 3.53. The Morgan fingerprint density at radius 1 is 1.62 bits per heavy atom. The zero-order valence-electron chi connectivity index (χ0n) is 3.78. The topological polar surface area (TPSA) is 34.1 Å². The van der Waals surface area contributed by atoms with Crippen molar-refractivity contribution in [3.8, 4) is 0 Å². The first-order valence-corrected chi connectivity index (χ1v) is 2.63. The molecule has 0 bridgehead atoms. The SMILES string of the molecule is O=C=C(Cl)C(=O)CCl. The van der Waals surface area contributed by atoms with Gasteiger partial charge in [0.1, 0.15) is 5.94 Å². The van der Waals surface area contributed by atoms with E-state index in [1.54, 1.807) is 0 Å². The molecule has 0 aromatic rings. The molecule has 4 heteroatoms. The Balaban J connectivity index is 4.04. The van der Waals surface area contributed by atoms with Crippen molar-refractivity contribution in [1.82, 2.24) is 0 Å². The number of carbonyl (C=O) groups excluding carboxylic acids is 2. The molecule has 0 N–H and O–H groups in total. The lowest BCUT2D eigenvalue weighted by Gasteiger charge is -1.81. The molecule has 0 atom stereocenters. The first-order chi connectivity index (χ1) is 3.72. The summed E-state index contributed by atoms with van der Waals surface area (Å²) in [6.45, 7) is 0. The van der Waals surface area contributed by atoms with E-state index in [9.17, 15) is 9.59 Å². The number of carbonyl (C=O) groups is 1. The first-order valence-electron chi connectivity index (χ1n) is 1.72. The van der Waals surface area contributed by atoms with Crippen LogP contribution in [-0.4, -0.2) is 17.6 Å². The van der Waals surface area contributed by atoms with Crippen molar-refractivity contribution >= 4 is 34.9 Å². The molecule has 0 saturated carbocycles. The molecule has 0 rings (SSSR count). The minimum absolute atomic E-state index is 0.270. The van der Waals surface area contributed by atoms with Gasteiger partial charge in [-0.1, -0.05) is 11.6 Å². The summed E-state index contributed by atoms with van der Waals surface area (Å²) >= 11 is 9.97. The summed E-state index contributed by atoms with van der Waals surface area (Å²) in [5, 5.41) is -0.472. The van der Waals surface area contributed by atoms with Gasteiger partial charge in [0, 0.05) is 0 Å². The van der Waals surface area contributed by atoms with Gasteiger partial charge in [-0.15, -0.1) is 11.6 Å². The van der Waals surface area contributed by atoms with Crippen LogP contribution in [0.25, 0.3) is 0 Å². The number of ketones is 1. The Morgan fingerprint density at radius 2 is 2.12 bits per heavy atom. The largest absolute Gasteiger partial charge is 0.291 e. The fourth-order valence-electron chi connectivity index (χ4n) is 0.116. The molecule has 0 aliphatic rings. The van der Waals surface area contributed by atoms with E-state index in [1.807, 2.05) is 0 Å². The summed E-state index contributed by atoms with van der Waals surface area (Å²) in [5.74, 6) is 0.350. The molecule has 0 amide bonds. The summed E-state index contributed by atoms with van der Waals surface area (Å²) in [7, 11) is 0. The van der Waals surface area contributed by atoms with Crippen LogP contribution >= 0.6 is 23.2 Å². The Morgan fingerprint density at radius 3 is 2.25 bits per heavy atom. The minimum Gasteiger partial charge on any atom is -0.291 e. The van der Waals surface area contributed by atoms with Crippen molar-refractivity contribution in [3.05, 3.63) is 5.03 Å². The molecule has 44 valence electrons. The highest BCUT2D eigenvalue weighted by Crippen LogP contribution is 1.97. The van der Waals surface area contributed by atoms with Crippen LogP contribution in [0.2, 0.25) is 0 Å². The van der Waals surface area contributed by atoms with Gasteiger partial charge in [-0.25, -0.2) is 4.79 Å². The second kappa shape index (κ2) is 3.67. The molecule has 0 heterocycles. The van der Waals surface area contributed by atoms with Gasteiger partial charge in [0.15, 0.2) is 10.8 Å². The average Bonchev–Trinajstić information content (AvgIpc) is 1.84. The lowest BCUT2D eigenvalue weighted by atomic mass is 10.4. The third-order valence-corrected chi connectivity index (χ3v) is 0.986. The van der Waals surface area contributed by atoms with Gasteiger partial charge >= 0.3 is 0 Å². The molecule has 0 unspecified atom stereocenters. The van der Waals surface area contributed by atoms with Crippen molar-refractivity contribution in [2.24, 2.45) is 0 Å². The summed E-state index contributed by atoms with van der Waals surface area (Å²) in [5.41, 5.74) is 0. The molecule has 2 nitrogen and oxygen atoms in total. The fourth-order valence-corrected chi connectivity index (χ4v) is 0.384. The van der Waals surface area contributed by atoms with Gasteiger partial charge in [0.25, 0.3) is 0 Å². The van der Waals surface area contributed by atoms with Crippen LogP contribution < -0.4 is 0 Å². The van der Waals surface area contributed by atoms with Crippen LogP contribution in [0.1, 0.15) is 0 Å². The van der Waals surface area contributed by atoms with E-state index < -0.39 is 10.8 Å². The van der Waals surface area contributed by atoms with Gasteiger partial charge in [0.05, 0.1) is 5.88 Å².